The monoisotopic (exact) mass is 231 g/mol. The molecule has 0 unspecified atom stereocenters. The first-order valence-electron chi connectivity index (χ1n) is 4.46. The molecule has 0 aliphatic carbocycles. The summed E-state index contributed by atoms with van der Waals surface area (Å²) in [6.07, 6.45) is 0.555. The van der Waals surface area contributed by atoms with Crippen molar-refractivity contribution >= 4 is 23.2 Å². The van der Waals surface area contributed by atoms with Crippen LogP contribution in [0.2, 0.25) is 10.0 Å². The highest BCUT2D eigenvalue weighted by atomic mass is 35.5. The van der Waals surface area contributed by atoms with Gasteiger partial charge in [0.15, 0.2) is 0 Å². The van der Waals surface area contributed by atoms with Gasteiger partial charge in [-0.15, -0.1) is 0 Å². The molecule has 0 bridgehead atoms. The number of aliphatic hydroxyl groups is 1. The standard InChI is InChI=1S/C10H11Cl2NO/c11-8-1-2-9(12)7(3-8)4-10(14)5-13-6-10/h1-3,13-14H,4-6H2. The van der Waals surface area contributed by atoms with Gasteiger partial charge in [-0.3, -0.25) is 0 Å². The number of benzene rings is 1. The summed E-state index contributed by atoms with van der Waals surface area (Å²) in [6, 6.07) is 5.31. The number of hydrogen-bond donors (Lipinski definition) is 2. The molecule has 0 saturated carbocycles. The Kier molecular flexibility index (Phi) is 2.71. The smallest absolute Gasteiger partial charge is 0.0935 e. The maximum Gasteiger partial charge on any atom is 0.0935 e. The molecular formula is C10H11Cl2NO. The van der Waals surface area contributed by atoms with Crippen LogP contribution in [0.1, 0.15) is 5.56 Å². The maximum absolute atomic E-state index is 9.91. The highest BCUT2D eigenvalue weighted by Crippen LogP contribution is 2.26. The van der Waals surface area contributed by atoms with E-state index in [-0.39, 0.29) is 0 Å². The van der Waals surface area contributed by atoms with Crippen molar-refractivity contribution in [3.8, 4) is 0 Å². The molecule has 1 heterocycles. The van der Waals surface area contributed by atoms with Crippen molar-refractivity contribution in [2.75, 3.05) is 13.1 Å². The fourth-order valence-corrected chi connectivity index (χ4v) is 1.95. The molecule has 1 aromatic rings. The predicted octanol–water partition coefficient (Wildman–Crippen LogP) is 1.87. The lowest BCUT2D eigenvalue weighted by Gasteiger charge is -2.37. The van der Waals surface area contributed by atoms with Gasteiger partial charge in [-0.2, -0.15) is 0 Å². The van der Waals surface area contributed by atoms with Crippen LogP contribution in [0.5, 0.6) is 0 Å². The van der Waals surface area contributed by atoms with Crippen LogP contribution >= 0.6 is 23.2 Å². The molecule has 14 heavy (non-hydrogen) atoms. The average molecular weight is 232 g/mol. The van der Waals surface area contributed by atoms with Crippen molar-refractivity contribution in [2.24, 2.45) is 0 Å². The van der Waals surface area contributed by atoms with Crippen LogP contribution in [0.15, 0.2) is 18.2 Å². The summed E-state index contributed by atoms with van der Waals surface area (Å²) in [7, 11) is 0. The van der Waals surface area contributed by atoms with Gasteiger partial charge in [0.05, 0.1) is 5.60 Å². The van der Waals surface area contributed by atoms with Gasteiger partial charge in [0.1, 0.15) is 0 Å². The van der Waals surface area contributed by atoms with E-state index in [1.807, 2.05) is 0 Å². The third kappa shape index (κ3) is 2.04. The summed E-state index contributed by atoms with van der Waals surface area (Å²) in [4.78, 5) is 0. The molecule has 0 atom stereocenters. The third-order valence-electron chi connectivity index (χ3n) is 2.44. The van der Waals surface area contributed by atoms with E-state index in [1.165, 1.54) is 0 Å². The van der Waals surface area contributed by atoms with Crippen molar-refractivity contribution in [2.45, 2.75) is 12.0 Å². The number of nitrogens with one attached hydrogen (secondary N) is 1. The maximum atomic E-state index is 9.91. The molecule has 2 rings (SSSR count). The Hall–Kier alpha value is -0.280. The largest absolute Gasteiger partial charge is 0.387 e. The van der Waals surface area contributed by atoms with Crippen LogP contribution in [-0.4, -0.2) is 23.8 Å². The lowest BCUT2D eigenvalue weighted by Crippen LogP contribution is -2.60. The molecule has 1 aromatic carbocycles. The Labute approximate surface area is 92.8 Å². The van der Waals surface area contributed by atoms with E-state index >= 15 is 0 Å². The Morgan fingerprint density at radius 2 is 2.07 bits per heavy atom. The van der Waals surface area contributed by atoms with Gasteiger partial charge in [0.25, 0.3) is 0 Å². The van der Waals surface area contributed by atoms with Gasteiger partial charge in [0.2, 0.25) is 0 Å². The second kappa shape index (κ2) is 3.70. The zero-order valence-electron chi connectivity index (χ0n) is 7.56. The number of hydrogen-bond acceptors (Lipinski definition) is 2. The average Bonchev–Trinajstić information content (AvgIpc) is 2.09. The topological polar surface area (TPSA) is 32.3 Å². The van der Waals surface area contributed by atoms with Gasteiger partial charge < -0.3 is 10.4 Å². The number of β-amino-alcohol motifs (C(OH)–C–C–N with tert-alkyl or cyclic N) is 1. The van der Waals surface area contributed by atoms with Crippen molar-refractivity contribution in [1.29, 1.82) is 0 Å². The Morgan fingerprint density at radius 1 is 1.36 bits per heavy atom. The summed E-state index contributed by atoms with van der Waals surface area (Å²) >= 11 is 11.8. The molecule has 76 valence electrons. The first kappa shape index (κ1) is 10.2. The molecule has 1 aliphatic heterocycles. The summed E-state index contributed by atoms with van der Waals surface area (Å²) in [5.41, 5.74) is 0.261. The predicted molar refractivity (Wildman–Crippen MR) is 58.0 cm³/mol. The molecule has 2 nitrogen and oxygen atoms in total. The Bertz CT molecular complexity index is 350. The lowest BCUT2D eigenvalue weighted by molar-refractivity contribution is -0.00900. The van der Waals surface area contributed by atoms with E-state index in [2.05, 4.69) is 5.32 Å². The molecule has 0 spiro atoms. The Balaban J connectivity index is 2.19. The molecule has 1 aliphatic rings. The van der Waals surface area contributed by atoms with E-state index in [4.69, 9.17) is 23.2 Å². The molecule has 1 fully saturated rings. The second-order valence-electron chi connectivity index (χ2n) is 3.74. The lowest BCUT2D eigenvalue weighted by atomic mass is 9.89. The first-order chi connectivity index (χ1) is 6.59. The summed E-state index contributed by atoms with van der Waals surface area (Å²) in [5, 5.41) is 14.3. The summed E-state index contributed by atoms with van der Waals surface area (Å²) in [6.45, 7) is 1.24. The van der Waals surface area contributed by atoms with E-state index in [0.717, 1.165) is 5.56 Å². The van der Waals surface area contributed by atoms with Crippen LogP contribution in [-0.2, 0) is 6.42 Å². The minimum absolute atomic E-state index is 0.555. The minimum Gasteiger partial charge on any atom is -0.387 e. The second-order valence-corrected chi connectivity index (χ2v) is 4.58. The van der Waals surface area contributed by atoms with E-state index < -0.39 is 5.60 Å². The Morgan fingerprint density at radius 3 is 2.64 bits per heavy atom. The molecule has 2 N–H and O–H groups in total. The molecule has 4 heteroatoms. The molecule has 0 radical (unpaired) electrons. The molecule has 0 aromatic heterocycles. The third-order valence-corrected chi connectivity index (χ3v) is 3.04. The van der Waals surface area contributed by atoms with E-state index in [9.17, 15) is 5.11 Å². The van der Waals surface area contributed by atoms with Crippen LogP contribution in [0.25, 0.3) is 0 Å². The van der Waals surface area contributed by atoms with Crippen molar-refractivity contribution in [1.82, 2.24) is 5.32 Å². The van der Waals surface area contributed by atoms with Gasteiger partial charge in [-0.05, 0) is 23.8 Å². The van der Waals surface area contributed by atoms with E-state index in [0.29, 0.717) is 29.6 Å². The van der Waals surface area contributed by atoms with Crippen LogP contribution in [0, 0.1) is 0 Å². The molecule has 0 amide bonds. The van der Waals surface area contributed by atoms with Crippen molar-refractivity contribution in [3.05, 3.63) is 33.8 Å². The summed E-state index contributed by atoms with van der Waals surface area (Å²) < 4.78 is 0. The van der Waals surface area contributed by atoms with Crippen LogP contribution in [0.4, 0.5) is 0 Å². The van der Waals surface area contributed by atoms with Gasteiger partial charge in [-0.25, -0.2) is 0 Å². The molecular weight excluding hydrogens is 221 g/mol. The first-order valence-corrected chi connectivity index (χ1v) is 5.22. The SMILES string of the molecule is OC1(Cc2cc(Cl)ccc2Cl)CNC1. The zero-order chi connectivity index (χ0) is 10.2. The minimum atomic E-state index is -0.645. The van der Waals surface area contributed by atoms with Gasteiger partial charge >= 0.3 is 0 Å². The number of rotatable bonds is 2. The van der Waals surface area contributed by atoms with Crippen molar-refractivity contribution < 1.29 is 5.11 Å². The fraction of sp³-hybridized carbons (Fsp3) is 0.400. The van der Waals surface area contributed by atoms with Crippen LogP contribution in [0.3, 0.4) is 0 Å². The summed E-state index contributed by atoms with van der Waals surface area (Å²) in [5.74, 6) is 0. The number of halogens is 2. The highest BCUT2D eigenvalue weighted by molar-refractivity contribution is 6.33. The van der Waals surface area contributed by atoms with Gasteiger partial charge in [-0.1, -0.05) is 23.2 Å². The van der Waals surface area contributed by atoms with Gasteiger partial charge in [0, 0.05) is 29.6 Å². The van der Waals surface area contributed by atoms with E-state index in [1.54, 1.807) is 18.2 Å². The van der Waals surface area contributed by atoms with Crippen LogP contribution < -0.4 is 5.32 Å². The fourth-order valence-electron chi connectivity index (χ4n) is 1.57. The van der Waals surface area contributed by atoms with Crippen molar-refractivity contribution in [3.63, 3.8) is 0 Å². The quantitative estimate of drug-likeness (QED) is 0.815. The normalized spacial score (nSPS) is 19.1. The molecule has 1 saturated heterocycles. The highest BCUT2D eigenvalue weighted by Gasteiger charge is 2.34. The zero-order valence-corrected chi connectivity index (χ0v) is 9.07.